The zero-order valence-corrected chi connectivity index (χ0v) is 18.6. The lowest BCUT2D eigenvalue weighted by Gasteiger charge is -2.23. The third-order valence-electron chi connectivity index (χ3n) is 5.91. The number of nitrogens with one attached hydrogen (secondary N) is 2. The summed E-state index contributed by atoms with van der Waals surface area (Å²) in [6.07, 6.45) is 4.51. The zero-order chi connectivity index (χ0) is 22.5. The smallest absolute Gasteiger partial charge is 0.238 e. The predicted octanol–water partition coefficient (Wildman–Crippen LogP) is 4.74. The quantitative estimate of drug-likeness (QED) is 0.563. The lowest BCUT2D eigenvalue weighted by atomic mass is 9.96. The summed E-state index contributed by atoms with van der Waals surface area (Å²) < 4.78 is 15.4. The fraction of sp³-hybridized carbons (Fsp3) is 0.400. The van der Waals surface area contributed by atoms with Crippen LogP contribution in [0.5, 0.6) is 0 Å². The van der Waals surface area contributed by atoms with E-state index in [-0.39, 0.29) is 30.2 Å². The molecule has 4 rings (SSSR count). The van der Waals surface area contributed by atoms with Crippen molar-refractivity contribution in [2.75, 3.05) is 11.9 Å². The zero-order valence-electron chi connectivity index (χ0n) is 18.6. The monoisotopic (exact) mass is 435 g/mol. The van der Waals surface area contributed by atoms with Gasteiger partial charge in [0.2, 0.25) is 5.91 Å². The summed E-state index contributed by atoms with van der Waals surface area (Å²) in [4.78, 5) is 12.5. The molecule has 3 aromatic rings. The third kappa shape index (κ3) is 5.22. The second-order valence-corrected chi connectivity index (χ2v) is 8.68. The van der Waals surface area contributed by atoms with E-state index in [9.17, 15) is 9.18 Å². The van der Waals surface area contributed by atoms with Crippen molar-refractivity contribution >= 4 is 11.6 Å². The first-order valence-corrected chi connectivity index (χ1v) is 11.3. The summed E-state index contributed by atoms with van der Waals surface area (Å²) in [6.45, 7) is 5.26. The molecule has 1 aliphatic rings. The van der Waals surface area contributed by atoms with Gasteiger partial charge >= 0.3 is 0 Å². The van der Waals surface area contributed by atoms with Crippen LogP contribution in [0.15, 0.2) is 48.5 Å². The Morgan fingerprint density at radius 3 is 2.50 bits per heavy atom. The van der Waals surface area contributed by atoms with E-state index in [2.05, 4.69) is 39.2 Å². The van der Waals surface area contributed by atoms with Gasteiger partial charge in [0.15, 0.2) is 5.82 Å². The molecule has 2 heterocycles. The number of amides is 1. The van der Waals surface area contributed by atoms with Gasteiger partial charge in [-0.25, -0.2) is 4.39 Å². The molecule has 168 valence electrons. The number of anilines is 1. The van der Waals surface area contributed by atoms with E-state index in [1.54, 1.807) is 12.1 Å². The number of aromatic nitrogens is 3. The minimum absolute atomic E-state index is 0.0353. The maximum absolute atomic E-state index is 13.2. The molecule has 6 nitrogen and oxygen atoms in total. The first-order valence-electron chi connectivity index (χ1n) is 11.3. The number of fused-ring (bicyclic) bond motifs is 1. The third-order valence-corrected chi connectivity index (χ3v) is 5.91. The highest BCUT2D eigenvalue weighted by atomic mass is 19.1. The van der Waals surface area contributed by atoms with Crippen molar-refractivity contribution in [1.29, 1.82) is 0 Å². The normalized spacial score (nSPS) is 14.6. The van der Waals surface area contributed by atoms with Crippen LogP contribution in [0.4, 0.5) is 10.1 Å². The highest BCUT2D eigenvalue weighted by Gasteiger charge is 2.18. The van der Waals surface area contributed by atoms with Crippen molar-refractivity contribution in [2.24, 2.45) is 5.92 Å². The summed E-state index contributed by atoms with van der Waals surface area (Å²) in [7, 11) is 0. The first kappa shape index (κ1) is 22.1. The lowest BCUT2D eigenvalue weighted by molar-refractivity contribution is -0.115. The Kier molecular flexibility index (Phi) is 6.95. The highest BCUT2D eigenvalue weighted by Crippen LogP contribution is 2.24. The first-order chi connectivity index (χ1) is 15.5. The van der Waals surface area contributed by atoms with Crippen molar-refractivity contribution in [3.63, 3.8) is 0 Å². The molecule has 1 aliphatic heterocycles. The maximum atomic E-state index is 13.2. The van der Waals surface area contributed by atoms with E-state index in [1.165, 1.54) is 18.6 Å². The average Bonchev–Trinajstić information content (AvgIpc) is 3.03. The van der Waals surface area contributed by atoms with Gasteiger partial charge in [-0.05, 0) is 60.7 Å². The van der Waals surface area contributed by atoms with Crippen LogP contribution >= 0.6 is 0 Å². The van der Waals surface area contributed by atoms with Gasteiger partial charge in [-0.15, -0.1) is 10.2 Å². The molecule has 0 saturated heterocycles. The summed E-state index contributed by atoms with van der Waals surface area (Å²) in [5.41, 5.74) is 2.70. The van der Waals surface area contributed by atoms with Gasteiger partial charge in [0.25, 0.3) is 0 Å². The molecule has 7 heteroatoms. The van der Waals surface area contributed by atoms with Crippen molar-refractivity contribution < 1.29 is 9.18 Å². The molecule has 0 unspecified atom stereocenters. The molecule has 0 aliphatic carbocycles. The van der Waals surface area contributed by atoms with Crippen molar-refractivity contribution in [3.8, 4) is 11.4 Å². The Bertz CT molecular complexity index is 1040. The van der Waals surface area contributed by atoms with Gasteiger partial charge in [0.05, 0.1) is 6.54 Å². The molecule has 0 fully saturated rings. The van der Waals surface area contributed by atoms with E-state index < -0.39 is 0 Å². The van der Waals surface area contributed by atoms with Crippen LogP contribution in [0.2, 0.25) is 0 Å². The number of aryl methyl sites for hydroxylation is 1. The van der Waals surface area contributed by atoms with Crippen molar-refractivity contribution in [1.82, 2.24) is 20.1 Å². The van der Waals surface area contributed by atoms with E-state index in [0.717, 1.165) is 54.3 Å². The van der Waals surface area contributed by atoms with Crippen LogP contribution in [0.1, 0.15) is 50.5 Å². The second-order valence-electron chi connectivity index (χ2n) is 8.68. The Labute approximate surface area is 188 Å². The van der Waals surface area contributed by atoms with Gasteiger partial charge in [-0.2, -0.15) is 0 Å². The molecule has 1 amide bonds. The molecule has 2 aromatic carbocycles. The summed E-state index contributed by atoms with van der Waals surface area (Å²) in [5.74, 6) is 1.81. The number of hydrogen-bond acceptors (Lipinski definition) is 4. The van der Waals surface area contributed by atoms with Crippen LogP contribution in [0, 0.1) is 11.7 Å². The molecule has 0 spiro atoms. The van der Waals surface area contributed by atoms with Gasteiger partial charge < -0.3 is 15.2 Å². The fourth-order valence-electron chi connectivity index (χ4n) is 4.22. The van der Waals surface area contributed by atoms with Gasteiger partial charge in [0, 0.05) is 30.3 Å². The van der Waals surface area contributed by atoms with Crippen molar-refractivity contribution in [3.05, 3.63) is 65.7 Å². The number of rotatable bonds is 7. The molecule has 32 heavy (non-hydrogen) atoms. The molecular weight excluding hydrogens is 405 g/mol. The SMILES string of the molecule is CC(C)[C@@H](NCC(=O)Nc1ccc(-c2nnc3n2CCCCC3)cc1)c1ccc(F)cc1. The van der Waals surface area contributed by atoms with E-state index >= 15 is 0 Å². The summed E-state index contributed by atoms with van der Waals surface area (Å²) in [6, 6.07) is 14.1. The van der Waals surface area contributed by atoms with Gasteiger partial charge in [-0.1, -0.05) is 32.4 Å². The maximum Gasteiger partial charge on any atom is 0.238 e. The predicted molar refractivity (Wildman–Crippen MR) is 124 cm³/mol. The average molecular weight is 436 g/mol. The van der Waals surface area contributed by atoms with Crippen molar-refractivity contribution in [2.45, 2.75) is 52.1 Å². The number of halogens is 1. The molecular formula is C25H30FN5O. The molecule has 0 saturated carbocycles. The van der Waals surface area contributed by atoms with Crippen LogP contribution in [0.25, 0.3) is 11.4 Å². The summed E-state index contributed by atoms with van der Waals surface area (Å²) >= 11 is 0. The minimum Gasteiger partial charge on any atom is -0.325 e. The van der Waals surface area contributed by atoms with Gasteiger partial charge in [-0.3, -0.25) is 4.79 Å². The number of hydrogen-bond donors (Lipinski definition) is 2. The Hall–Kier alpha value is -3.06. The molecule has 1 aromatic heterocycles. The topological polar surface area (TPSA) is 71.8 Å². The number of carbonyl (C=O) groups is 1. The van der Waals surface area contributed by atoms with E-state index in [1.807, 2.05) is 24.3 Å². The fourth-order valence-corrected chi connectivity index (χ4v) is 4.22. The van der Waals surface area contributed by atoms with Gasteiger partial charge in [0.1, 0.15) is 11.6 Å². The van der Waals surface area contributed by atoms with E-state index in [0.29, 0.717) is 0 Å². The van der Waals surface area contributed by atoms with Crippen LogP contribution in [-0.2, 0) is 17.8 Å². The Morgan fingerprint density at radius 2 is 1.78 bits per heavy atom. The molecule has 0 bridgehead atoms. The highest BCUT2D eigenvalue weighted by molar-refractivity contribution is 5.92. The Morgan fingerprint density at radius 1 is 1.03 bits per heavy atom. The van der Waals surface area contributed by atoms with Crippen LogP contribution in [-0.4, -0.2) is 27.2 Å². The Balaban J connectivity index is 1.37. The van der Waals surface area contributed by atoms with E-state index in [4.69, 9.17) is 0 Å². The summed E-state index contributed by atoms with van der Waals surface area (Å²) in [5, 5.41) is 15.0. The van der Waals surface area contributed by atoms with Crippen LogP contribution in [0.3, 0.4) is 0 Å². The number of nitrogens with zero attached hydrogens (tertiary/aromatic N) is 3. The molecule has 0 radical (unpaired) electrons. The molecule has 1 atom stereocenters. The number of carbonyl (C=O) groups excluding carboxylic acids is 1. The number of benzene rings is 2. The second kappa shape index (κ2) is 10.0. The van der Waals surface area contributed by atoms with Crippen LogP contribution < -0.4 is 10.6 Å². The standard InChI is InChI=1S/C25H30FN5O/c1-17(2)24(18-7-11-20(26)12-8-18)27-16-23(32)28-21-13-9-19(10-14-21)25-30-29-22-6-4-3-5-15-31(22)25/h7-14,17,24,27H,3-6,15-16H2,1-2H3,(H,28,32)/t24-/m1/s1. The minimum atomic E-state index is -0.264. The largest absolute Gasteiger partial charge is 0.325 e. The lowest BCUT2D eigenvalue weighted by Crippen LogP contribution is -2.33. The molecule has 2 N–H and O–H groups in total.